The summed E-state index contributed by atoms with van der Waals surface area (Å²) in [6, 6.07) is 0. The van der Waals surface area contributed by atoms with E-state index in [9.17, 15) is 0 Å². The van der Waals surface area contributed by atoms with Crippen molar-refractivity contribution in [1.82, 2.24) is 24.6 Å². The average Bonchev–Trinajstić information content (AvgIpc) is 3.00. The van der Waals surface area contributed by atoms with Crippen molar-refractivity contribution < 1.29 is 4.52 Å². The fraction of sp³-hybridized carbons (Fsp3) is 0.615. The van der Waals surface area contributed by atoms with E-state index in [0.29, 0.717) is 11.8 Å². The predicted molar refractivity (Wildman–Crippen MR) is 69.5 cm³/mol. The maximum atomic E-state index is 5.08. The highest BCUT2D eigenvalue weighted by molar-refractivity contribution is 5.01. The third-order valence-corrected chi connectivity index (χ3v) is 3.72. The van der Waals surface area contributed by atoms with E-state index in [1.54, 1.807) is 0 Å². The van der Waals surface area contributed by atoms with Gasteiger partial charge in [0.1, 0.15) is 0 Å². The Kier molecular flexibility index (Phi) is 3.33. The Balaban J connectivity index is 1.66. The maximum absolute atomic E-state index is 5.08. The van der Waals surface area contributed by atoms with Gasteiger partial charge in [-0.15, -0.1) is 0 Å². The molecule has 0 aliphatic carbocycles. The quantitative estimate of drug-likeness (QED) is 0.837. The van der Waals surface area contributed by atoms with Crippen LogP contribution in [0.4, 0.5) is 0 Å². The molecule has 2 aromatic heterocycles. The molecular weight excluding hydrogens is 242 g/mol. The zero-order valence-electron chi connectivity index (χ0n) is 11.4. The predicted octanol–water partition coefficient (Wildman–Crippen LogP) is 1.49. The number of hydrogen-bond donors (Lipinski definition) is 0. The van der Waals surface area contributed by atoms with Gasteiger partial charge in [-0.05, 0) is 19.4 Å². The molecule has 3 heterocycles. The first kappa shape index (κ1) is 12.3. The lowest BCUT2D eigenvalue weighted by molar-refractivity contribution is 0.191. The van der Waals surface area contributed by atoms with E-state index in [1.807, 2.05) is 26.5 Å². The van der Waals surface area contributed by atoms with E-state index in [0.717, 1.165) is 31.9 Å². The molecule has 0 unspecified atom stereocenters. The van der Waals surface area contributed by atoms with Gasteiger partial charge in [0.15, 0.2) is 5.82 Å². The van der Waals surface area contributed by atoms with Crippen LogP contribution in [0.15, 0.2) is 17.0 Å². The average molecular weight is 261 g/mol. The number of aryl methyl sites for hydroxylation is 2. The Morgan fingerprint density at radius 3 is 3.05 bits per heavy atom. The van der Waals surface area contributed by atoms with Crippen LogP contribution in [0.5, 0.6) is 0 Å². The molecule has 0 amide bonds. The van der Waals surface area contributed by atoms with Crippen LogP contribution in [-0.4, -0.2) is 37.7 Å². The number of rotatable bonds is 3. The van der Waals surface area contributed by atoms with Gasteiger partial charge in [-0.1, -0.05) is 5.16 Å². The normalized spacial score (nSPS) is 20.8. The van der Waals surface area contributed by atoms with Gasteiger partial charge >= 0.3 is 0 Å². The van der Waals surface area contributed by atoms with Crippen molar-refractivity contribution in [2.75, 3.05) is 13.1 Å². The van der Waals surface area contributed by atoms with Crippen molar-refractivity contribution in [1.29, 1.82) is 0 Å². The molecule has 6 heteroatoms. The Morgan fingerprint density at radius 2 is 2.37 bits per heavy atom. The molecule has 2 aromatic rings. The summed E-state index contributed by atoms with van der Waals surface area (Å²) in [7, 11) is 2.03. The minimum Gasteiger partial charge on any atom is -0.340 e. The Hall–Kier alpha value is -1.69. The van der Waals surface area contributed by atoms with E-state index in [2.05, 4.69) is 24.6 Å². The van der Waals surface area contributed by atoms with E-state index in [4.69, 9.17) is 4.52 Å². The number of piperidine rings is 1. The molecule has 19 heavy (non-hydrogen) atoms. The Bertz CT molecular complexity index is 547. The summed E-state index contributed by atoms with van der Waals surface area (Å²) in [6.07, 6.45) is 6.10. The molecule has 102 valence electrons. The summed E-state index contributed by atoms with van der Waals surface area (Å²) in [5.41, 5.74) is 1.24. The molecule has 1 saturated heterocycles. The fourth-order valence-electron chi connectivity index (χ4n) is 2.66. The largest absolute Gasteiger partial charge is 0.340 e. The Labute approximate surface area is 112 Å². The summed E-state index contributed by atoms with van der Waals surface area (Å²) in [5, 5.41) is 4.06. The van der Waals surface area contributed by atoms with Gasteiger partial charge in [-0.2, -0.15) is 4.98 Å². The van der Waals surface area contributed by atoms with E-state index in [1.165, 1.54) is 12.1 Å². The van der Waals surface area contributed by atoms with Gasteiger partial charge < -0.3 is 9.09 Å². The minimum atomic E-state index is 0.388. The molecule has 1 aliphatic heterocycles. The smallest absolute Gasteiger partial charge is 0.223 e. The van der Waals surface area contributed by atoms with Crippen molar-refractivity contribution in [3.05, 3.63) is 29.9 Å². The van der Waals surface area contributed by atoms with Crippen LogP contribution in [0.1, 0.15) is 36.2 Å². The lowest BCUT2D eigenvalue weighted by Gasteiger charge is -2.31. The number of imidazole rings is 1. The Morgan fingerprint density at radius 1 is 1.47 bits per heavy atom. The standard InChI is InChI=1S/C13H19N5O/c1-10-15-13(16-19-10)11-4-3-5-18(7-11)8-12-6-14-9-17(12)2/h6,9,11H,3-5,7-8H2,1-2H3/t11-/m0/s1. The molecule has 3 rings (SSSR count). The highest BCUT2D eigenvalue weighted by Crippen LogP contribution is 2.25. The third-order valence-electron chi connectivity index (χ3n) is 3.72. The van der Waals surface area contributed by atoms with Crippen LogP contribution in [0, 0.1) is 6.92 Å². The summed E-state index contributed by atoms with van der Waals surface area (Å²) in [5.74, 6) is 1.89. The topological polar surface area (TPSA) is 60.0 Å². The SMILES string of the molecule is Cc1nc([C@H]2CCCN(Cc3cncn3C)C2)no1. The first-order chi connectivity index (χ1) is 9.22. The summed E-state index contributed by atoms with van der Waals surface area (Å²) in [4.78, 5) is 11.0. The molecule has 1 aliphatic rings. The van der Waals surface area contributed by atoms with Crippen LogP contribution in [0.25, 0.3) is 0 Å². The third kappa shape index (κ3) is 2.68. The second-order valence-electron chi connectivity index (χ2n) is 5.24. The van der Waals surface area contributed by atoms with E-state index in [-0.39, 0.29) is 0 Å². The van der Waals surface area contributed by atoms with Crippen molar-refractivity contribution in [2.45, 2.75) is 32.2 Å². The molecule has 1 fully saturated rings. The molecule has 0 spiro atoms. The van der Waals surface area contributed by atoms with Crippen molar-refractivity contribution in [3.8, 4) is 0 Å². The van der Waals surface area contributed by atoms with Gasteiger partial charge in [-0.3, -0.25) is 4.90 Å². The number of aromatic nitrogens is 4. The summed E-state index contributed by atoms with van der Waals surface area (Å²) >= 11 is 0. The highest BCUT2D eigenvalue weighted by atomic mass is 16.5. The zero-order valence-corrected chi connectivity index (χ0v) is 11.4. The van der Waals surface area contributed by atoms with E-state index >= 15 is 0 Å². The zero-order chi connectivity index (χ0) is 13.2. The van der Waals surface area contributed by atoms with Gasteiger partial charge in [0.25, 0.3) is 0 Å². The van der Waals surface area contributed by atoms with Crippen molar-refractivity contribution in [3.63, 3.8) is 0 Å². The molecule has 1 atom stereocenters. The number of hydrogen-bond acceptors (Lipinski definition) is 5. The van der Waals surface area contributed by atoms with Crippen LogP contribution in [0.2, 0.25) is 0 Å². The second kappa shape index (κ2) is 5.13. The van der Waals surface area contributed by atoms with Crippen LogP contribution in [0.3, 0.4) is 0 Å². The van der Waals surface area contributed by atoms with Gasteiger partial charge in [0.05, 0.1) is 12.0 Å². The molecule has 0 aromatic carbocycles. The van der Waals surface area contributed by atoms with E-state index < -0.39 is 0 Å². The lowest BCUT2D eigenvalue weighted by atomic mass is 9.97. The highest BCUT2D eigenvalue weighted by Gasteiger charge is 2.25. The molecule has 0 bridgehead atoms. The first-order valence-electron chi connectivity index (χ1n) is 6.70. The molecule has 6 nitrogen and oxygen atoms in total. The monoisotopic (exact) mass is 261 g/mol. The lowest BCUT2D eigenvalue weighted by Crippen LogP contribution is -2.34. The fourth-order valence-corrected chi connectivity index (χ4v) is 2.66. The van der Waals surface area contributed by atoms with Crippen molar-refractivity contribution in [2.24, 2.45) is 7.05 Å². The molecule has 0 saturated carbocycles. The molecule has 0 radical (unpaired) electrons. The summed E-state index contributed by atoms with van der Waals surface area (Å²) < 4.78 is 7.16. The first-order valence-corrected chi connectivity index (χ1v) is 6.70. The van der Waals surface area contributed by atoms with Gasteiger partial charge in [0, 0.05) is 39.2 Å². The number of nitrogens with zero attached hydrogens (tertiary/aromatic N) is 5. The minimum absolute atomic E-state index is 0.388. The molecular formula is C13H19N5O. The van der Waals surface area contributed by atoms with Crippen LogP contribution >= 0.6 is 0 Å². The van der Waals surface area contributed by atoms with Crippen LogP contribution < -0.4 is 0 Å². The van der Waals surface area contributed by atoms with Gasteiger partial charge in [0.2, 0.25) is 5.89 Å². The maximum Gasteiger partial charge on any atom is 0.223 e. The summed E-state index contributed by atoms with van der Waals surface area (Å²) in [6.45, 7) is 4.89. The van der Waals surface area contributed by atoms with Crippen molar-refractivity contribution >= 4 is 0 Å². The van der Waals surface area contributed by atoms with Crippen LogP contribution in [-0.2, 0) is 13.6 Å². The second-order valence-corrected chi connectivity index (χ2v) is 5.24. The number of likely N-dealkylation sites (tertiary alicyclic amines) is 1. The molecule has 0 N–H and O–H groups in total. The van der Waals surface area contributed by atoms with Gasteiger partial charge in [-0.25, -0.2) is 4.98 Å².